The van der Waals surface area contributed by atoms with Crippen molar-refractivity contribution in [3.05, 3.63) is 75.3 Å². The van der Waals surface area contributed by atoms with E-state index < -0.39 is 5.97 Å². The molecule has 0 bridgehead atoms. The van der Waals surface area contributed by atoms with E-state index in [1.165, 1.54) is 0 Å². The summed E-state index contributed by atoms with van der Waals surface area (Å²) >= 11 is 3.39. The largest absolute Gasteiger partial charge is 0.368 e. The van der Waals surface area contributed by atoms with E-state index in [1.54, 1.807) is 6.08 Å². The first kappa shape index (κ1) is 13.8. The molecule has 3 rings (SSSR count). The molecule has 0 radical (unpaired) electrons. The predicted molar refractivity (Wildman–Crippen MR) is 85.9 cm³/mol. The van der Waals surface area contributed by atoms with Crippen molar-refractivity contribution < 1.29 is 9.63 Å². The SMILES string of the molecule is Cc1ccccc1C1=NOC(=O)/C1=C\c1ccc(Br)cc1. The van der Waals surface area contributed by atoms with Crippen molar-refractivity contribution >= 4 is 33.7 Å². The summed E-state index contributed by atoms with van der Waals surface area (Å²) in [5, 5.41) is 3.93. The second-order valence-electron chi connectivity index (χ2n) is 4.74. The molecule has 104 valence electrons. The lowest BCUT2D eigenvalue weighted by Crippen LogP contribution is -2.08. The highest BCUT2D eigenvalue weighted by Crippen LogP contribution is 2.23. The molecule has 3 nitrogen and oxygen atoms in total. The molecule has 4 heteroatoms. The fraction of sp³-hybridized carbons (Fsp3) is 0.0588. The number of oxime groups is 1. The highest BCUT2D eigenvalue weighted by atomic mass is 79.9. The first-order valence-electron chi connectivity index (χ1n) is 6.48. The van der Waals surface area contributed by atoms with Crippen LogP contribution in [0.4, 0.5) is 0 Å². The van der Waals surface area contributed by atoms with Gasteiger partial charge in [0, 0.05) is 10.0 Å². The van der Waals surface area contributed by atoms with Gasteiger partial charge in [0.1, 0.15) is 5.71 Å². The summed E-state index contributed by atoms with van der Waals surface area (Å²) < 4.78 is 0.992. The minimum Gasteiger partial charge on any atom is -0.312 e. The number of hydrogen-bond acceptors (Lipinski definition) is 3. The minimum absolute atomic E-state index is 0.420. The van der Waals surface area contributed by atoms with Crippen molar-refractivity contribution in [2.45, 2.75) is 6.92 Å². The van der Waals surface area contributed by atoms with Crippen molar-refractivity contribution in [3.63, 3.8) is 0 Å². The second kappa shape index (κ2) is 5.66. The summed E-state index contributed by atoms with van der Waals surface area (Å²) in [4.78, 5) is 16.8. The number of aryl methyl sites for hydroxylation is 1. The highest BCUT2D eigenvalue weighted by molar-refractivity contribution is 9.10. The lowest BCUT2D eigenvalue weighted by Gasteiger charge is -2.04. The zero-order valence-electron chi connectivity index (χ0n) is 11.3. The Morgan fingerprint density at radius 3 is 2.52 bits per heavy atom. The summed E-state index contributed by atoms with van der Waals surface area (Å²) in [6, 6.07) is 15.5. The summed E-state index contributed by atoms with van der Waals surface area (Å²) in [6.45, 7) is 1.98. The standard InChI is InChI=1S/C17H12BrNO2/c1-11-4-2-3-5-14(11)16-15(17(20)21-19-16)10-12-6-8-13(18)9-7-12/h2-10H,1H3/b15-10-. The van der Waals surface area contributed by atoms with Crippen LogP contribution in [0.5, 0.6) is 0 Å². The van der Waals surface area contributed by atoms with Gasteiger partial charge in [-0.3, -0.25) is 0 Å². The zero-order valence-corrected chi connectivity index (χ0v) is 12.9. The molecule has 0 unspecified atom stereocenters. The van der Waals surface area contributed by atoms with E-state index >= 15 is 0 Å². The van der Waals surface area contributed by atoms with Gasteiger partial charge in [0.25, 0.3) is 0 Å². The molecule has 1 aliphatic rings. The van der Waals surface area contributed by atoms with Crippen LogP contribution in [0.25, 0.3) is 6.08 Å². The summed E-state index contributed by atoms with van der Waals surface area (Å²) in [5.41, 5.74) is 3.95. The van der Waals surface area contributed by atoms with Gasteiger partial charge in [0.2, 0.25) is 0 Å². The van der Waals surface area contributed by atoms with Gasteiger partial charge in [-0.25, -0.2) is 4.79 Å². The van der Waals surface area contributed by atoms with E-state index in [0.29, 0.717) is 11.3 Å². The van der Waals surface area contributed by atoms with Gasteiger partial charge in [-0.05, 0) is 36.3 Å². The van der Waals surface area contributed by atoms with Crippen molar-refractivity contribution in [3.8, 4) is 0 Å². The Morgan fingerprint density at radius 1 is 1.10 bits per heavy atom. The van der Waals surface area contributed by atoms with Gasteiger partial charge >= 0.3 is 5.97 Å². The molecule has 0 atom stereocenters. The second-order valence-corrected chi connectivity index (χ2v) is 5.66. The number of carbonyl (C=O) groups excluding carboxylic acids is 1. The van der Waals surface area contributed by atoms with Crippen LogP contribution in [-0.2, 0) is 9.63 Å². The van der Waals surface area contributed by atoms with Crippen LogP contribution >= 0.6 is 15.9 Å². The van der Waals surface area contributed by atoms with Gasteiger partial charge < -0.3 is 4.84 Å². The molecule has 1 aliphatic heterocycles. The molecular formula is C17H12BrNO2. The number of carbonyl (C=O) groups is 1. The maximum Gasteiger partial charge on any atom is 0.368 e. The normalized spacial score (nSPS) is 16.0. The summed E-state index contributed by atoms with van der Waals surface area (Å²) in [5.74, 6) is -0.420. The maximum atomic E-state index is 11.9. The van der Waals surface area contributed by atoms with E-state index in [-0.39, 0.29) is 0 Å². The third-order valence-corrected chi connectivity index (χ3v) is 3.80. The molecular weight excluding hydrogens is 330 g/mol. The minimum atomic E-state index is -0.420. The van der Waals surface area contributed by atoms with E-state index in [2.05, 4.69) is 21.1 Å². The highest BCUT2D eigenvalue weighted by Gasteiger charge is 2.27. The molecule has 0 N–H and O–H groups in total. The van der Waals surface area contributed by atoms with E-state index in [1.807, 2.05) is 55.5 Å². The first-order chi connectivity index (χ1) is 10.1. The molecule has 0 aliphatic carbocycles. The Balaban J connectivity index is 2.04. The lowest BCUT2D eigenvalue weighted by atomic mass is 9.97. The summed E-state index contributed by atoms with van der Waals surface area (Å²) in [7, 11) is 0. The average Bonchev–Trinajstić information content (AvgIpc) is 2.83. The number of hydrogen-bond donors (Lipinski definition) is 0. The molecule has 0 aromatic heterocycles. The van der Waals surface area contributed by atoms with Crippen molar-refractivity contribution in [1.29, 1.82) is 0 Å². The molecule has 0 fully saturated rings. The van der Waals surface area contributed by atoms with Crippen molar-refractivity contribution in [2.75, 3.05) is 0 Å². The lowest BCUT2D eigenvalue weighted by molar-refractivity contribution is -0.136. The Morgan fingerprint density at radius 2 is 1.81 bits per heavy atom. The van der Waals surface area contributed by atoms with Gasteiger partial charge in [-0.2, -0.15) is 0 Å². The van der Waals surface area contributed by atoms with Crippen molar-refractivity contribution in [1.82, 2.24) is 0 Å². The Hall–Kier alpha value is -2.20. The Bertz CT molecular complexity index is 761. The quantitative estimate of drug-likeness (QED) is 0.609. The molecule has 0 amide bonds. The number of rotatable bonds is 2. The van der Waals surface area contributed by atoms with Gasteiger partial charge in [0.15, 0.2) is 0 Å². The molecule has 0 saturated heterocycles. The monoisotopic (exact) mass is 341 g/mol. The van der Waals surface area contributed by atoms with Crippen LogP contribution in [0.3, 0.4) is 0 Å². The average molecular weight is 342 g/mol. The van der Waals surface area contributed by atoms with E-state index in [9.17, 15) is 4.79 Å². The van der Waals surface area contributed by atoms with Crippen LogP contribution < -0.4 is 0 Å². The molecule has 0 saturated carbocycles. The van der Waals surface area contributed by atoms with Gasteiger partial charge in [0.05, 0.1) is 5.57 Å². The fourth-order valence-corrected chi connectivity index (χ4v) is 2.43. The molecule has 2 aromatic rings. The predicted octanol–water partition coefficient (Wildman–Crippen LogP) is 4.10. The van der Waals surface area contributed by atoms with Crippen LogP contribution in [0, 0.1) is 6.92 Å². The fourth-order valence-electron chi connectivity index (χ4n) is 2.17. The van der Waals surface area contributed by atoms with E-state index in [0.717, 1.165) is 21.2 Å². The Labute approximate surface area is 131 Å². The third-order valence-electron chi connectivity index (χ3n) is 3.28. The van der Waals surface area contributed by atoms with Gasteiger partial charge in [-0.1, -0.05) is 57.5 Å². The summed E-state index contributed by atoms with van der Waals surface area (Å²) in [6.07, 6.45) is 1.80. The molecule has 2 aromatic carbocycles. The Kier molecular flexibility index (Phi) is 3.71. The first-order valence-corrected chi connectivity index (χ1v) is 7.27. The van der Waals surface area contributed by atoms with Crippen LogP contribution in [0.1, 0.15) is 16.7 Å². The van der Waals surface area contributed by atoms with E-state index in [4.69, 9.17) is 4.84 Å². The van der Waals surface area contributed by atoms with Crippen LogP contribution in [-0.4, -0.2) is 11.7 Å². The van der Waals surface area contributed by atoms with Crippen LogP contribution in [0.15, 0.2) is 63.7 Å². The van der Waals surface area contributed by atoms with Crippen LogP contribution in [0.2, 0.25) is 0 Å². The number of halogens is 1. The maximum absolute atomic E-state index is 11.9. The topological polar surface area (TPSA) is 38.7 Å². The zero-order chi connectivity index (χ0) is 14.8. The molecule has 1 heterocycles. The van der Waals surface area contributed by atoms with Gasteiger partial charge in [-0.15, -0.1) is 0 Å². The molecule has 21 heavy (non-hydrogen) atoms. The number of nitrogens with zero attached hydrogens (tertiary/aromatic N) is 1. The smallest absolute Gasteiger partial charge is 0.312 e. The third kappa shape index (κ3) is 2.81. The van der Waals surface area contributed by atoms with Crippen molar-refractivity contribution in [2.24, 2.45) is 5.16 Å². The number of benzene rings is 2. The molecule has 0 spiro atoms.